The van der Waals surface area contributed by atoms with Crippen molar-refractivity contribution >= 4 is 11.0 Å². The van der Waals surface area contributed by atoms with Crippen LogP contribution in [0.4, 0.5) is 0 Å². The van der Waals surface area contributed by atoms with Crippen molar-refractivity contribution in [2.45, 2.75) is 57.9 Å². The number of aromatic nitrogens is 6. The van der Waals surface area contributed by atoms with Gasteiger partial charge in [-0.15, -0.1) is 0 Å². The smallest absolute Gasteiger partial charge is 0.137 e. The normalized spacial score (nSPS) is 15.4. The average molecular weight is 387 g/mol. The van der Waals surface area contributed by atoms with Crippen molar-refractivity contribution in [1.29, 1.82) is 0 Å². The van der Waals surface area contributed by atoms with Crippen molar-refractivity contribution in [2.24, 2.45) is 0 Å². The molecule has 1 fully saturated rings. The Morgan fingerprint density at radius 2 is 1.86 bits per heavy atom. The first-order valence-corrected chi connectivity index (χ1v) is 10.5. The molecule has 4 aromatic rings. The molecule has 6 nitrogen and oxygen atoms in total. The summed E-state index contributed by atoms with van der Waals surface area (Å²) in [4.78, 5) is 17.1. The Kier molecular flexibility index (Phi) is 4.62. The van der Waals surface area contributed by atoms with Crippen molar-refractivity contribution in [2.75, 3.05) is 0 Å². The third kappa shape index (κ3) is 3.43. The molecule has 4 aromatic heterocycles. The molecule has 6 heteroatoms. The van der Waals surface area contributed by atoms with Crippen molar-refractivity contribution in [3.63, 3.8) is 0 Å². The first-order chi connectivity index (χ1) is 14.2. The second-order valence-corrected chi connectivity index (χ2v) is 8.29. The van der Waals surface area contributed by atoms with E-state index < -0.39 is 0 Å². The summed E-state index contributed by atoms with van der Waals surface area (Å²) in [6, 6.07) is 4.68. The highest BCUT2D eigenvalue weighted by atomic mass is 15.3. The molecule has 0 bridgehead atoms. The van der Waals surface area contributed by atoms with Gasteiger partial charge in [0, 0.05) is 58.3 Å². The molecule has 1 aliphatic carbocycles. The number of fused-ring (bicyclic) bond motifs is 1. The third-order valence-electron chi connectivity index (χ3n) is 5.98. The minimum absolute atomic E-state index is 0.336. The van der Waals surface area contributed by atoms with Gasteiger partial charge in [0.25, 0.3) is 0 Å². The quantitative estimate of drug-likeness (QED) is 0.502. The predicted molar refractivity (Wildman–Crippen MR) is 115 cm³/mol. The summed E-state index contributed by atoms with van der Waals surface area (Å²) in [6.45, 7) is 4.25. The Bertz CT molecular complexity index is 1130. The zero-order valence-electron chi connectivity index (χ0n) is 17.0. The molecular formula is C23H26N6. The summed E-state index contributed by atoms with van der Waals surface area (Å²) in [5.74, 6) is 0.561. The minimum atomic E-state index is 0.336. The topological polar surface area (TPSA) is 72.3 Å². The summed E-state index contributed by atoms with van der Waals surface area (Å²) in [6.07, 6.45) is 16.0. The molecule has 0 saturated heterocycles. The molecule has 0 spiro atoms. The molecule has 1 N–H and O–H groups in total. The van der Waals surface area contributed by atoms with Crippen molar-refractivity contribution < 1.29 is 0 Å². The van der Waals surface area contributed by atoms with Crippen molar-refractivity contribution in [3.8, 4) is 22.4 Å². The van der Waals surface area contributed by atoms with E-state index in [1.165, 1.54) is 37.8 Å². The van der Waals surface area contributed by atoms with Gasteiger partial charge in [-0.3, -0.25) is 4.68 Å². The highest BCUT2D eigenvalue weighted by Crippen LogP contribution is 2.34. The standard InChI is InChI=1S/C23H26N6/c1-15(2)29-13-18(11-28-29)17-8-19-20(12-25-23(19)24-10-17)22-9-21(26-14-27-22)16-6-4-3-5-7-16/h8-16H,3-7H2,1-2H3,(H,24,25). The lowest BCUT2D eigenvalue weighted by atomic mass is 9.86. The molecule has 0 amide bonds. The van der Waals surface area contributed by atoms with E-state index in [2.05, 4.69) is 57.2 Å². The maximum atomic E-state index is 4.63. The van der Waals surface area contributed by atoms with Crippen LogP contribution in [0.2, 0.25) is 0 Å². The predicted octanol–water partition coefficient (Wildman–Crippen LogP) is 5.51. The Balaban J connectivity index is 1.53. The van der Waals surface area contributed by atoms with Crippen LogP contribution in [-0.4, -0.2) is 29.7 Å². The highest BCUT2D eigenvalue weighted by Gasteiger charge is 2.18. The molecule has 4 heterocycles. The van der Waals surface area contributed by atoms with Crippen LogP contribution in [0.5, 0.6) is 0 Å². The highest BCUT2D eigenvalue weighted by molar-refractivity contribution is 5.94. The van der Waals surface area contributed by atoms with Crippen LogP contribution in [0, 0.1) is 0 Å². The maximum Gasteiger partial charge on any atom is 0.137 e. The van der Waals surface area contributed by atoms with Crippen LogP contribution in [0.1, 0.15) is 63.6 Å². The van der Waals surface area contributed by atoms with E-state index in [9.17, 15) is 0 Å². The largest absolute Gasteiger partial charge is 0.345 e. The zero-order chi connectivity index (χ0) is 19.8. The van der Waals surface area contributed by atoms with Gasteiger partial charge in [-0.1, -0.05) is 19.3 Å². The number of aromatic amines is 1. The van der Waals surface area contributed by atoms with Crippen LogP contribution in [0.3, 0.4) is 0 Å². The van der Waals surface area contributed by atoms with Crippen LogP contribution >= 0.6 is 0 Å². The summed E-state index contributed by atoms with van der Waals surface area (Å²) >= 11 is 0. The van der Waals surface area contributed by atoms with Gasteiger partial charge < -0.3 is 4.98 Å². The zero-order valence-corrected chi connectivity index (χ0v) is 17.0. The van der Waals surface area contributed by atoms with Crippen LogP contribution < -0.4 is 0 Å². The Hall–Kier alpha value is -3.02. The minimum Gasteiger partial charge on any atom is -0.345 e. The summed E-state index contributed by atoms with van der Waals surface area (Å²) in [7, 11) is 0. The molecule has 0 radical (unpaired) electrons. The number of hydrogen-bond donors (Lipinski definition) is 1. The molecule has 0 unspecified atom stereocenters. The lowest BCUT2D eigenvalue weighted by Crippen LogP contribution is -2.07. The Morgan fingerprint density at radius 3 is 2.66 bits per heavy atom. The van der Waals surface area contributed by atoms with Crippen molar-refractivity contribution in [1.82, 2.24) is 29.7 Å². The summed E-state index contributed by atoms with van der Waals surface area (Å²) in [5, 5.41) is 5.54. The molecular weight excluding hydrogens is 360 g/mol. The lowest BCUT2D eigenvalue weighted by Gasteiger charge is -2.21. The van der Waals surface area contributed by atoms with E-state index in [1.54, 1.807) is 6.33 Å². The van der Waals surface area contributed by atoms with E-state index in [4.69, 9.17) is 0 Å². The van der Waals surface area contributed by atoms with Crippen molar-refractivity contribution in [3.05, 3.63) is 48.9 Å². The molecule has 0 aromatic carbocycles. The Morgan fingerprint density at radius 1 is 1.00 bits per heavy atom. The van der Waals surface area contributed by atoms with Crippen LogP contribution in [0.15, 0.2) is 43.2 Å². The number of rotatable bonds is 4. The monoisotopic (exact) mass is 386 g/mol. The molecule has 1 saturated carbocycles. The van der Waals surface area contributed by atoms with Gasteiger partial charge in [-0.2, -0.15) is 5.10 Å². The molecule has 0 aliphatic heterocycles. The molecule has 0 atom stereocenters. The second kappa shape index (κ2) is 7.43. The fourth-order valence-electron chi connectivity index (χ4n) is 4.28. The van der Waals surface area contributed by atoms with Gasteiger partial charge in [-0.25, -0.2) is 15.0 Å². The average Bonchev–Trinajstić information content (AvgIpc) is 3.42. The Labute approximate surface area is 170 Å². The fraction of sp³-hybridized carbons (Fsp3) is 0.391. The van der Waals surface area contributed by atoms with E-state index in [1.807, 2.05) is 23.3 Å². The molecule has 29 heavy (non-hydrogen) atoms. The van der Waals surface area contributed by atoms with Crippen LogP contribution in [-0.2, 0) is 0 Å². The van der Waals surface area contributed by atoms with Gasteiger partial charge in [0.2, 0.25) is 0 Å². The summed E-state index contributed by atoms with van der Waals surface area (Å²) < 4.78 is 1.97. The second-order valence-electron chi connectivity index (χ2n) is 8.29. The lowest BCUT2D eigenvalue weighted by molar-refractivity contribution is 0.436. The molecule has 1 aliphatic rings. The van der Waals surface area contributed by atoms with E-state index in [0.717, 1.165) is 33.4 Å². The number of nitrogens with one attached hydrogen (secondary N) is 1. The number of hydrogen-bond acceptors (Lipinski definition) is 4. The summed E-state index contributed by atoms with van der Waals surface area (Å²) in [5.41, 5.74) is 6.22. The van der Waals surface area contributed by atoms with Gasteiger partial charge >= 0.3 is 0 Å². The SMILES string of the molecule is CC(C)n1cc(-c2cnc3[nH]cc(-c4cc(C5CCCCC5)ncn4)c3c2)cn1. The van der Waals surface area contributed by atoms with Gasteiger partial charge in [0.1, 0.15) is 12.0 Å². The number of nitrogens with zero attached hydrogens (tertiary/aromatic N) is 5. The van der Waals surface area contributed by atoms with Crippen LogP contribution in [0.25, 0.3) is 33.4 Å². The first kappa shape index (κ1) is 18.0. The van der Waals surface area contributed by atoms with Gasteiger partial charge in [0.05, 0.1) is 11.9 Å². The van der Waals surface area contributed by atoms with Gasteiger partial charge in [-0.05, 0) is 38.8 Å². The number of pyridine rings is 1. The van der Waals surface area contributed by atoms with E-state index in [0.29, 0.717) is 12.0 Å². The van der Waals surface area contributed by atoms with E-state index >= 15 is 0 Å². The fourth-order valence-corrected chi connectivity index (χ4v) is 4.28. The first-order valence-electron chi connectivity index (χ1n) is 10.5. The van der Waals surface area contributed by atoms with E-state index in [-0.39, 0.29) is 0 Å². The maximum absolute atomic E-state index is 4.63. The molecule has 5 rings (SSSR count). The third-order valence-corrected chi connectivity index (χ3v) is 5.98. The number of H-pyrrole nitrogens is 1. The van der Waals surface area contributed by atoms with Gasteiger partial charge in [0.15, 0.2) is 0 Å². The molecule has 148 valence electrons.